The Labute approximate surface area is 256 Å². The third kappa shape index (κ3) is 6.30. The van der Waals surface area contributed by atoms with Crippen LogP contribution >= 0.6 is 0 Å². The van der Waals surface area contributed by atoms with Gasteiger partial charge in [0.05, 0.1) is 11.2 Å². The van der Waals surface area contributed by atoms with Gasteiger partial charge in [0.2, 0.25) is 5.91 Å². The minimum absolute atomic E-state index is 0.0189. The summed E-state index contributed by atoms with van der Waals surface area (Å²) >= 11 is 0. The van der Waals surface area contributed by atoms with E-state index in [0.717, 1.165) is 51.0 Å². The van der Waals surface area contributed by atoms with Crippen molar-refractivity contribution >= 4 is 22.5 Å². The van der Waals surface area contributed by atoms with Gasteiger partial charge in [0.15, 0.2) is 0 Å². The van der Waals surface area contributed by atoms with Crippen molar-refractivity contribution < 1.29 is 4.79 Å². The predicted molar refractivity (Wildman–Crippen MR) is 180 cm³/mol. The summed E-state index contributed by atoms with van der Waals surface area (Å²) < 4.78 is 2.47. The van der Waals surface area contributed by atoms with Crippen LogP contribution in [0.5, 0.6) is 0 Å². The van der Waals surface area contributed by atoms with Crippen molar-refractivity contribution in [3.63, 3.8) is 0 Å². The zero-order valence-electron chi connectivity index (χ0n) is 25.7. The molecule has 1 aromatic heterocycles. The number of nitrogens with zero attached hydrogens (tertiary/aromatic N) is 2. The topological polar surface area (TPSA) is 37.3 Å². The van der Waals surface area contributed by atoms with Crippen LogP contribution in [0.25, 0.3) is 27.8 Å². The Morgan fingerprint density at radius 1 is 0.860 bits per heavy atom. The fourth-order valence-electron chi connectivity index (χ4n) is 6.65. The van der Waals surface area contributed by atoms with Crippen LogP contribution in [0.15, 0.2) is 103 Å². The molecule has 4 nitrogen and oxygen atoms in total. The third-order valence-electron chi connectivity index (χ3n) is 9.03. The molecule has 1 aliphatic heterocycles. The lowest BCUT2D eigenvalue weighted by molar-refractivity contribution is -0.118. The van der Waals surface area contributed by atoms with Crippen molar-refractivity contribution in [3.05, 3.63) is 120 Å². The summed E-state index contributed by atoms with van der Waals surface area (Å²) in [5.74, 6) is 0.600. The molecule has 1 N–H and O–H groups in total. The molecule has 1 saturated heterocycles. The van der Waals surface area contributed by atoms with Crippen LogP contribution in [0.4, 0.5) is 5.69 Å². The van der Waals surface area contributed by atoms with Gasteiger partial charge in [0.25, 0.3) is 0 Å². The highest BCUT2D eigenvalue weighted by molar-refractivity contribution is 5.94. The molecule has 0 aliphatic carbocycles. The first-order valence-electron chi connectivity index (χ1n) is 15.9. The highest BCUT2D eigenvalue weighted by Crippen LogP contribution is 2.39. The van der Waals surface area contributed by atoms with Crippen molar-refractivity contribution in [1.29, 1.82) is 0 Å². The molecule has 6 rings (SSSR count). The molecular formula is C39H43N3O. The second-order valence-electron chi connectivity index (χ2n) is 12.3. The van der Waals surface area contributed by atoms with Gasteiger partial charge in [-0.05, 0) is 105 Å². The van der Waals surface area contributed by atoms with Crippen LogP contribution in [-0.2, 0) is 11.2 Å². The lowest BCUT2D eigenvalue weighted by Gasteiger charge is -2.32. The maximum absolute atomic E-state index is 12.2. The number of carbonyl (C=O) groups excluding carboxylic acids is 1. The standard InChI is InChI=1S/C39H43N3O/c1-28(2)39(43)40-32-15-11-14-31(27-32)30-22-25-41(26-23-30)24-12-20-36-35-19-9-10-21-37(35)42(33-16-5-4-6-17-33)38(36)34-18-8-7-13-29(34)3/h4-11,13-19,21,27-28,30H,12,20,22-26H2,1-3H3,(H,40,43). The average Bonchev–Trinajstić information content (AvgIpc) is 3.36. The molecule has 1 fully saturated rings. The summed E-state index contributed by atoms with van der Waals surface area (Å²) in [4.78, 5) is 14.8. The van der Waals surface area contributed by atoms with Gasteiger partial charge in [-0.1, -0.05) is 86.6 Å². The first-order chi connectivity index (χ1) is 21.0. The van der Waals surface area contributed by atoms with Gasteiger partial charge in [-0.15, -0.1) is 0 Å². The number of piperidine rings is 1. The molecule has 1 aliphatic rings. The van der Waals surface area contributed by atoms with E-state index in [1.165, 1.54) is 44.5 Å². The van der Waals surface area contributed by atoms with Gasteiger partial charge in [-0.25, -0.2) is 0 Å². The number of likely N-dealkylation sites (tertiary alicyclic amines) is 1. The first-order valence-corrected chi connectivity index (χ1v) is 15.9. The molecule has 5 aromatic rings. The summed E-state index contributed by atoms with van der Waals surface area (Å²) in [6, 6.07) is 37.0. The summed E-state index contributed by atoms with van der Waals surface area (Å²) in [6.45, 7) is 9.42. The molecule has 4 heteroatoms. The van der Waals surface area contributed by atoms with Crippen LogP contribution in [0.3, 0.4) is 0 Å². The Balaban J connectivity index is 1.18. The molecule has 0 saturated carbocycles. The highest BCUT2D eigenvalue weighted by Gasteiger charge is 2.23. The molecule has 2 heterocycles. The van der Waals surface area contributed by atoms with Gasteiger partial charge in [0.1, 0.15) is 0 Å². The van der Waals surface area contributed by atoms with Crippen LogP contribution < -0.4 is 5.32 Å². The van der Waals surface area contributed by atoms with Crippen molar-refractivity contribution in [2.75, 3.05) is 25.0 Å². The summed E-state index contributed by atoms with van der Waals surface area (Å²) in [5.41, 5.74) is 10.1. The lowest BCUT2D eigenvalue weighted by Crippen LogP contribution is -2.33. The van der Waals surface area contributed by atoms with Gasteiger partial charge >= 0.3 is 0 Å². The van der Waals surface area contributed by atoms with Crippen LogP contribution in [0, 0.1) is 12.8 Å². The van der Waals surface area contributed by atoms with E-state index in [1.807, 2.05) is 19.9 Å². The SMILES string of the molecule is Cc1ccccc1-c1c(CCCN2CCC(c3cccc(NC(=O)C(C)C)c3)CC2)c2ccccc2n1-c1ccccc1. The van der Waals surface area contributed by atoms with Crippen molar-refractivity contribution in [1.82, 2.24) is 9.47 Å². The maximum atomic E-state index is 12.2. The lowest BCUT2D eigenvalue weighted by atomic mass is 9.89. The number of hydrogen-bond donors (Lipinski definition) is 1. The summed E-state index contributed by atoms with van der Waals surface area (Å²) in [5, 5.41) is 4.42. The van der Waals surface area contributed by atoms with E-state index in [4.69, 9.17) is 0 Å². The quantitative estimate of drug-likeness (QED) is 0.192. The van der Waals surface area contributed by atoms with E-state index >= 15 is 0 Å². The molecular weight excluding hydrogens is 526 g/mol. The van der Waals surface area contributed by atoms with E-state index in [1.54, 1.807) is 0 Å². The molecule has 220 valence electrons. The number of para-hydroxylation sites is 2. The third-order valence-corrected chi connectivity index (χ3v) is 9.03. The largest absolute Gasteiger partial charge is 0.326 e. The molecule has 0 bridgehead atoms. The van der Waals surface area contributed by atoms with E-state index in [9.17, 15) is 4.79 Å². The summed E-state index contributed by atoms with van der Waals surface area (Å²) in [7, 11) is 0. The molecule has 1 amide bonds. The minimum Gasteiger partial charge on any atom is -0.326 e. The Bertz CT molecular complexity index is 1690. The Kier molecular flexibility index (Phi) is 8.76. The number of rotatable bonds is 9. The average molecular weight is 570 g/mol. The van der Waals surface area contributed by atoms with Gasteiger partial charge < -0.3 is 14.8 Å². The number of anilines is 1. The monoisotopic (exact) mass is 569 g/mol. The van der Waals surface area contributed by atoms with Crippen molar-refractivity contribution in [3.8, 4) is 16.9 Å². The maximum Gasteiger partial charge on any atom is 0.226 e. The number of carbonyl (C=O) groups is 1. The molecule has 4 aromatic carbocycles. The second kappa shape index (κ2) is 13.0. The van der Waals surface area contributed by atoms with E-state index in [2.05, 4.69) is 119 Å². The smallest absolute Gasteiger partial charge is 0.226 e. The molecule has 0 spiro atoms. The van der Waals surface area contributed by atoms with E-state index < -0.39 is 0 Å². The number of fused-ring (bicyclic) bond motifs is 1. The van der Waals surface area contributed by atoms with Crippen LogP contribution in [-0.4, -0.2) is 35.0 Å². The Morgan fingerprint density at radius 2 is 1.58 bits per heavy atom. The van der Waals surface area contributed by atoms with Gasteiger partial charge in [-0.2, -0.15) is 0 Å². The minimum atomic E-state index is -0.0189. The zero-order valence-corrected chi connectivity index (χ0v) is 25.7. The molecule has 0 radical (unpaired) electrons. The van der Waals surface area contributed by atoms with Crippen LogP contribution in [0.2, 0.25) is 0 Å². The fourth-order valence-corrected chi connectivity index (χ4v) is 6.65. The Morgan fingerprint density at radius 3 is 2.35 bits per heavy atom. The molecule has 43 heavy (non-hydrogen) atoms. The Hall–Kier alpha value is -4.15. The molecule has 0 atom stereocenters. The predicted octanol–water partition coefficient (Wildman–Crippen LogP) is 9.01. The van der Waals surface area contributed by atoms with Gasteiger partial charge in [-0.3, -0.25) is 4.79 Å². The van der Waals surface area contributed by atoms with E-state index in [0.29, 0.717) is 5.92 Å². The number of aryl methyl sites for hydroxylation is 2. The first kappa shape index (κ1) is 28.9. The van der Waals surface area contributed by atoms with E-state index in [-0.39, 0.29) is 11.8 Å². The number of amides is 1. The zero-order chi connectivity index (χ0) is 29.8. The summed E-state index contributed by atoms with van der Waals surface area (Å²) in [6.07, 6.45) is 4.48. The highest BCUT2D eigenvalue weighted by atomic mass is 16.1. The van der Waals surface area contributed by atoms with Gasteiger partial charge in [0, 0.05) is 28.2 Å². The number of benzene rings is 4. The second-order valence-corrected chi connectivity index (χ2v) is 12.3. The molecule has 0 unspecified atom stereocenters. The van der Waals surface area contributed by atoms with Crippen LogP contribution in [0.1, 0.15) is 55.7 Å². The number of hydrogen-bond acceptors (Lipinski definition) is 2. The number of aromatic nitrogens is 1. The fraction of sp³-hybridized carbons (Fsp3) is 0.308. The number of nitrogens with one attached hydrogen (secondary N) is 1. The normalized spacial score (nSPS) is 14.4. The van der Waals surface area contributed by atoms with Crippen molar-refractivity contribution in [2.45, 2.75) is 52.4 Å². The van der Waals surface area contributed by atoms with Crippen molar-refractivity contribution in [2.24, 2.45) is 5.92 Å².